The van der Waals surface area contributed by atoms with Crippen molar-refractivity contribution in [2.75, 3.05) is 61.7 Å². The van der Waals surface area contributed by atoms with Crippen molar-refractivity contribution in [3.8, 4) is 11.5 Å². The zero-order valence-corrected chi connectivity index (χ0v) is 50.3. The first-order chi connectivity index (χ1) is 38.0. The lowest BCUT2D eigenvalue weighted by molar-refractivity contribution is -0.870. The van der Waals surface area contributed by atoms with Gasteiger partial charge in [0.15, 0.2) is 6.10 Å². The van der Waals surface area contributed by atoms with Crippen LogP contribution in [0.4, 0.5) is 11.4 Å². The Morgan fingerprint density at radius 3 is 1.16 bits per heavy atom. The van der Waals surface area contributed by atoms with Gasteiger partial charge in [-0.15, -0.1) is 0 Å². The van der Waals surface area contributed by atoms with E-state index in [4.69, 9.17) is 37.5 Å². The van der Waals surface area contributed by atoms with Crippen LogP contribution in [0, 0.1) is 34.1 Å². The number of phosphoric acid groups is 1. The molecule has 80 heavy (non-hydrogen) atoms. The van der Waals surface area contributed by atoms with Crippen LogP contribution >= 0.6 is 7.82 Å². The minimum Gasteiger partial charge on any atom is -0.756 e. The smallest absolute Gasteiger partial charge is 0.306 e. The number of carbonyl (C=O) groups is 4. The highest BCUT2D eigenvalue weighted by atomic mass is 31.2. The van der Waals surface area contributed by atoms with Crippen LogP contribution in [0.1, 0.15) is 215 Å². The van der Waals surface area contributed by atoms with Crippen molar-refractivity contribution in [2.45, 2.75) is 213 Å². The van der Waals surface area contributed by atoms with E-state index < -0.39 is 54.5 Å². The molecule has 21 nitrogen and oxygen atoms in total. The lowest BCUT2D eigenvalue weighted by atomic mass is 10.0. The summed E-state index contributed by atoms with van der Waals surface area (Å²) in [4.78, 5) is 85.2. The van der Waals surface area contributed by atoms with Crippen LogP contribution in [-0.4, -0.2) is 106 Å². The largest absolute Gasteiger partial charge is 0.756 e. The van der Waals surface area contributed by atoms with E-state index in [1.165, 1.54) is 26.4 Å². The van der Waals surface area contributed by atoms with Gasteiger partial charge in [-0.3, -0.25) is 44.0 Å². The molecule has 4 atom stereocenters. The standard InChI is InChI=1S/C58H94N3O18P/c1-44-38-49(51(59(66)67)40-53(44)72-8)46(3)77-56(63)33-29-25-21-17-13-10-12-16-20-24-28-32-55(62)74-42-48(43-76-80(70,71)75-37-36-61(5,6)7)79-58(65)35-31-27-23-19-15-11-14-18-22-26-30-34-57(64)78-47(4)50-39-45(2)54(73-9)41-52(50)60(68)69/h38-41,46-48H,10-37,42-43H2,1-9H3/t46?,47?,48-/m1/s1. The molecule has 454 valence electrons. The number of benzene rings is 2. The van der Waals surface area contributed by atoms with Crippen LogP contribution in [0.2, 0.25) is 0 Å². The van der Waals surface area contributed by atoms with Crippen molar-refractivity contribution in [1.82, 2.24) is 0 Å². The second-order valence-electron chi connectivity index (χ2n) is 21.7. The van der Waals surface area contributed by atoms with Gasteiger partial charge in [0.25, 0.3) is 19.2 Å². The molecule has 0 aliphatic heterocycles. The fourth-order valence-corrected chi connectivity index (χ4v) is 9.69. The fraction of sp³-hybridized carbons (Fsp3) is 0.724. The zero-order valence-electron chi connectivity index (χ0n) is 49.4. The number of unbranched alkanes of at least 4 members (excludes halogenated alkanes) is 20. The fourth-order valence-electron chi connectivity index (χ4n) is 8.96. The molecule has 0 radical (unpaired) electrons. The van der Waals surface area contributed by atoms with Crippen LogP contribution in [0.5, 0.6) is 11.5 Å². The molecule has 0 saturated carbocycles. The number of likely N-dealkylation sites (N-methyl/N-ethyl adjacent to an activating group) is 1. The summed E-state index contributed by atoms with van der Waals surface area (Å²) in [7, 11) is 3.85. The number of methoxy groups -OCH3 is 2. The minimum absolute atomic E-state index is 0.0929. The number of aryl methyl sites for hydroxylation is 2. The second kappa shape index (κ2) is 39.3. The number of nitro groups is 2. The zero-order chi connectivity index (χ0) is 59.5. The van der Waals surface area contributed by atoms with Crippen molar-refractivity contribution in [2.24, 2.45) is 0 Å². The first-order valence-electron chi connectivity index (χ1n) is 28.8. The molecular formula is C58H94N3O18P. The quantitative estimate of drug-likeness (QED) is 0.0113. The van der Waals surface area contributed by atoms with Gasteiger partial charge in [-0.25, -0.2) is 0 Å². The molecule has 0 saturated heterocycles. The average Bonchev–Trinajstić information content (AvgIpc) is 3.39. The summed E-state index contributed by atoms with van der Waals surface area (Å²) in [6.45, 7) is 6.24. The van der Waals surface area contributed by atoms with E-state index in [1.807, 2.05) is 21.1 Å². The third-order valence-corrected chi connectivity index (χ3v) is 14.6. The molecule has 0 aliphatic carbocycles. The summed E-state index contributed by atoms with van der Waals surface area (Å²) >= 11 is 0. The molecule has 0 amide bonds. The summed E-state index contributed by atoms with van der Waals surface area (Å²) in [6.07, 6.45) is 18.6. The van der Waals surface area contributed by atoms with E-state index in [0.717, 1.165) is 116 Å². The average molecular weight is 1150 g/mol. The highest BCUT2D eigenvalue weighted by Gasteiger charge is 2.27. The summed E-state index contributed by atoms with van der Waals surface area (Å²) in [5, 5.41) is 23.2. The molecule has 0 spiro atoms. The molecule has 2 rings (SSSR count). The summed E-state index contributed by atoms with van der Waals surface area (Å²) in [6, 6.07) is 5.95. The molecule has 0 N–H and O–H groups in total. The maximum Gasteiger partial charge on any atom is 0.306 e. The number of nitrogens with zero attached hydrogens (tertiary/aromatic N) is 3. The van der Waals surface area contributed by atoms with E-state index in [9.17, 15) is 48.9 Å². The Morgan fingerprint density at radius 1 is 0.512 bits per heavy atom. The van der Waals surface area contributed by atoms with Gasteiger partial charge in [-0.2, -0.15) is 0 Å². The Hall–Kier alpha value is -5.21. The summed E-state index contributed by atoms with van der Waals surface area (Å²) < 4.78 is 55.5. The molecule has 2 aromatic rings. The Bertz CT molecular complexity index is 2250. The van der Waals surface area contributed by atoms with Gasteiger partial charge in [0.05, 0.1) is 75.1 Å². The highest BCUT2D eigenvalue weighted by Crippen LogP contribution is 2.39. The highest BCUT2D eigenvalue weighted by molar-refractivity contribution is 7.45. The lowest BCUT2D eigenvalue weighted by Gasteiger charge is -2.28. The van der Waals surface area contributed by atoms with Gasteiger partial charge in [0.2, 0.25) is 0 Å². The third-order valence-electron chi connectivity index (χ3n) is 13.7. The second-order valence-corrected chi connectivity index (χ2v) is 23.1. The Morgan fingerprint density at radius 2 is 0.838 bits per heavy atom. The number of ether oxygens (including phenoxy) is 6. The van der Waals surface area contributed by atoms with E-state index in [2.05, 4.69) is 0 Å². The Kier molecular flexibility index (Phi) is 34.8. The van der Waals surface area contributed by atoms with Crippen LogP contribution in [0.15, 0.2) is 24.3 Å². The van der Waals surface area contributed by atoms with Gasteiger partial charge in [0.1, 0.15) is 43.5 Å². The number of esters is 4. The maximum atomic E-state index is 12.8. The maximum absolute atomic E-state index is 12.8. The topological polar surface area (TPSA) is 269 Å². The van der Waals surface area contributed by atoms with Crippen LogP contribution in [0.3, 0.4) is 0 Å². The van der Waals surface area contributed by atoms with E-state index in [0.29, 0.717) is 70.5 Å². The van der Waals surface area contributed by atoms with Gasteiger partial charge in [-0.1, -0.05) is 116 Å². The third kappa shape index (κ3) is 31.1. The molecular weight excluding hydrogens is 1060 g/mol. The number of hydrogen-bond acceptors (Lipinski definition) is 18. The van der Waals surface area contributed by atoms with E-state index in [-0.39, 0.29) is 62.2 Å². The van der Waals surface area contributed by atoms with Crippen molar-refractivity contribution < 1.29 is 80.4 Å². The van der Waals surface area contributed by atoms with Gasteiger partial charge < -0.3 is 46.8 Å². The number of phosphoric ester groups is 1. The number of quaternary nitrogens is 1. The molecule has 0 fully saturated rings. The Labute approximate surface area is 474 Å². The first kappa shape index (κ1) is 70.9. The van der Waals surface area contributed by atoms with E-state index >= 15 is 0 Å². The molecule has 0 aromatic heterocycles. The van der Waals surface area contributed by atoms with Crippen molar-refractivity contribution >= 4 is 43.1 Å². The lowest BCUT2D eigenvalue weighted by Crippen LogP contribution is -2.37. The normalized spacial score (nSPS) is 13.4. The Balaban J connectivity index is 1.59. The van der Waals surface area contributed by atoms with E-state index in [1.54, 1.807) is 39.8 Å². The predicted molar refractivity (Wildman–Crippen MR) is 301 cm³/mol. The number of rotatable bonds is 46. The molecule has 3 unspecified atom stereocenters. The molecule has 0 heterocycles. The number of nitro benzene ring substituents is 2. The van der Waals surface area contributed by atoms with Crippen molar-refractivity contribution in [3.63, 3.8) is 0 Å². The van der Waals surface area contributed by atoms with Crippen LogP contribution in [0.25, 0.3) is 0 Å². The molecule has 0 bridgehead atoms. The van der Waals surface area contributed by atoms with Crippen molar-refractivity contribution in [3.05, 3.63) is 66.7 Å². The SMILES string of the molecule is COc1cc([N+](=O)[O-])c(C(C)OC(=O)CCCCCCCCCCCCCC(=O)OC[C@H](COP(=O)([O-])OCC[N+](C)(C)C)OC(=O)CCCCCCCCCCCCCC(=O)OC(C)c2cc(C)c(OC)cc2[N+](=O)[O-])cc1C. The van der Waals surface area contributed by atoms with Crippen LogP contribution in [-0.2, 0) is 51.7 Å². The van der Waals surface area contributed by atoms with Gasteiger partial charge in [-0.05, 0) is 76.6 Å². The first-order valence-corrected chi connectivity index (χ1v) is 30.2. The monoisotopic (exact) mass is 1150 g/mol. The number of carbonyl (C=O) groups excluding carboxylic acids is 4. The molecule has 22 heteroatoms. The minimum atomic E-state index is -4.72. The van der Waals surface area contributed by atoms with Gasteiger partial charge >= 0.3 is 23.9 Å². The number of hydrogen-bond donors (Lipinski definition) is 0. The van der Waals surface area contributed by atoms with Gasteiger partial charge in [0, 0.05) is 25.7 Å². The summed E-state index contributed by atoms with van der Waals surface area (Å²) in [5.41, 5.74) is 1.80. The molecule has 0 aliphatic rings. The summed E-state index contributed by atoms with van der Waals surface area (Å²) in [5.74, 6) is -0.991. The van der Waals surface area contributed by atoms with Crippen LogP contribution < -0.4 is 14.4 Å². The predicted octanol–water partition coefficient (Wildman–Crippen LogP) is 12.9. The molecule has 2 aromatic carbocycles. The van der Waals surface area contributed by atoms with Crippen molar-refractivity contribution in [1.29, 1.82) is 0 Å².